The molecule has 0 saturated carbocycles. The van der Waals surface area contributed by atoms with Gasteiger partial charge in [0.15, 0.2) is 6.61 Å². The first-order valence-corrected chi connectivity index (χ1v) is 9.87. The van der Waals surface area contributed by atoms with Gasteiger partial charge in [-0.2, -0.15) is 0 Å². The number of halogens is 1. The Labute approximate surface area is 171 Å². The van der Waals surface area contributed by atoms with E-state index in [0.717, 1.165) is 39.3 Å². The minimum atomic E-state index is -0.470. The summed E-state index contributed by atoms with van der Waals surface area (Å²) in [6, 6.07) is 17.1. The van der Waals surface area contributed by atoms with E-state index in [2.05, 4.69) is 15.9 Å². The van der Waals surface area contributed by atoms with Gasteiger partial charge < -0.3 is 15.4 Å². The van der Waals surface area contributed by atoms with Crippen LogP contribution in [0.25, 0.3) is 10.8 Å². The van der Waals surface area contributed by atoms with Gasteiger partial charge in [-0.1, -0.05) is 36.4 Å². The van der Waals surface area contributed by atoms with Crippen LogP contribution in [-0.2, 0) is 11.2 Å². The Morgan fingerprint density at radius 1 is 1.07 bits per heavy atom. The number of carbonyl (C=O) groups is 2. The summed E-state index contributed by atoms with van der Waals surface area (Å²) in [6.45, 7) is 0.507. The molecule has 28 heavy (non-hydrogen) atoms. The lowest BCUT2D eigenvalue weighted by atomic mass is 9.96. The highest BCUT2D eigenvalue weighted by Gasteiger charge is 2.25. The van der Waals surface area contributed by atoms with Gasteiger partial charge in [0.2, 0.25) is 5.91 Å². The van der Waals surface area contributed by atoms with Crippen molar-refractivity contribution in [3.05, 3.63) is 70.2 Å². The van der Waals surface area contributed by atoms with Gasteiger partial charge in [0, 0.05) is 17.8 Å². The molecule has 142 valence electrons. The Hall–Kier alpha value is -2.86. The summed E-state index contributed by atoms with van der Waals surface area (Å²) < 4.78 is 6.65. The largest absolute Gasteiger partial charge is 0.483 e. The van der Waals surface area contributed by atoms with Crippen molar-refractivity contribution in [2.75, 3.05) is 18.1 Å². The molecule has 1 aliphatic heterocycles. The second kappa shape index (κ2) is 7.64. The van der Waals surface area contributed by atoms with Crippen LogP contribution < -0.4 is 15.4 Å². The lowest BCUT2D eigenvalue weighted by molar-refractivity contribution is -0.120. The minimum absolute atomic E-state index is 0.0861. The maximum atomic E-state index is 12.9. The molecule has 0 fully saturated rings. The number of fused-ring (bicyclic) bond motifs is 2. The van der Waals surface area contributed by atoms with E-state index < -0.39 is 5.91 Å². The zero-order chi connectivity index (χ0) is 19.7. The van der Waals surface area contributed by atoms with Crippen molar-refractivity contribution in [1.82, 2.24) is 0 Å². The van der Waals surface area contributed by atoms with Crippen LogP contribution in [-0.4, -0.2) is 25.0 Å². The van der Waals surface area contributed by atoms with E-state index in [1.165, 1.54) is 0 Å². The number of carbonyl (C=O) groups excluding carboxylic acids is 2. The SMILES string of the molecule is NC(=O)c1cccc2c1CCCN2C(=O)COc1ccc2ccccc2c1Br. The summed E-state index contributed by atoms with van der Waals surface area (Å²) in [5.41, 5.74) is 7.54. The molecule has 3 aromatic carbocycles. The van der Waals surface area contributed by atoms with Gasteiger partial charge in [0.1, 0.15) is 5.75 Å². The van der Waals surface area contributed by atoms with Gasteiger partial charge in [0.05, 0.1) is 4.47 Å². The molecule has 2 amide bonds. The normalized spacial score (nSPS) is 13.2. The summed E-state index contributed by atoms with van der Waals surface area (Å²) in [4.78, 5) is 26.2. The van der Waals surface area contributed by atoms with Crippen LogP contribution in [0.5, 0.6) is 5.75 Å². The van der Waals surface area contributed by atoms with Crippen molar-refractivity contribution in [2.24, 2.45) is 5.73 Å². The number of hydrogen-bond donors (Lipinski definition) is 1. The average molecular weight is 439 g/mol. The molecule has 1 aliphatic rings. The number of nitrogens with zero attached hydrogens (tertiary/aromatic N) is 1. The van der Waals surface area contributed by atoms with E-state index in [-0.39, 0.29) is 12.5 Å². The third-order valence-electron chi connectivity index (χ3n) is 5.00. The highest BCUT2D eigenvalue weighted by atomic mass is 79.9. The third kappa shape index (κ3) is 3.36. The number of rotatable bonds is 4. The number of ether oxygens (including phenoxy) is 1. The Morgan fingerprint density at radius 3 is 2.71 bits per heavy atom. The van der Waals surface area contributed by atoms with Crippen LogP contribution in [0, 0.1) is 0 Å². The van der Waals surface area contributed by atoms with Crippen molar-refractivity contribution >= 4 is 44.2 Å². The molecule has 0 unspecified atom stereocenters. The van der Waals surface area contributed by atoms with Crippen molar-refractivity contribution in [3.63, 3.8) is 0 Å². The molecule has 0 bridgehead atoms. The lowest BCUT2D eigenvalue weighted by Gasteiger charge is -2.30. The summed E-state index contributed by atoms with van der Waals surface area (Å²) in [7, 11) is 0. The van der Waals surface area contributed by atoms with Gasteiger partial charge in [-0.25, -0.2) is 0 Å². The fourth-order valence-corrected chi connectivity index (χ4v) is 4.26. The van der Waals surface area contributed by atoms with E-state index in [0.29, 0.717) is 17.9 Å². The molecule has 0 saturated heterocycles. The van der Waals surface area contributed by atoms with Gasteiger partial charge in [-0.15, -0.1) is 0 Å². The molecule has 6 heteroatoms. The fraction of sp³-hybridized carbons (Fsp3) is 0.182. The number of anilines is 1. The highest BCUT2D eigenvalue weighted by molar-refractivity contribution is 9.10. The molecular weight excluding hydrogens is 420 g/mol. The molecule has 0 atom stereocenters. The second-order valence-corrected chi connectivity index (χ2v) is 7.50. The first-order chi connectivity index (χ1) is 13.6. The molecule has 1 heterocycles. The smallest absolute Gasteiger partial charge is 0.264 e. The molecule has 3 aromatic rings. The maximum Gasteiger partial charge on any atom is 0.264 e. The first-order valence-electron chi connectivity index (χ1n) is 9.08. The summed E-state index contributed by atoms with van der Waals surface area (Å²) >= 11 is 3.58. The van der Waals surface area contributed by atoms with Gasteiger partial charge >= 0.3 is 0 Å². The predicted molar refractivity (Wildman–Crippen MR) is 113 cm³/mol. The zero-order valence-corrected chi connectivity index (χ0v) is 16.7. The predicted octanol–water partition coefficient (Wildman–Crippen LogP) is 4.06. The van der Waals surface area contributed by atoms with Gasteiger partial charge in [0.25, 0.3) is 5.91 Å². The average Bonchev–Trinajstić information content (AvgIpc) is 2.72. The van der Waals surface area contributed by atoms with Crippen molar-refractivity contribution < 1.29 is 14.3 Å². The van der Waals surface area contributed by atoms with Crippen LogP contribution >= 0.6 is 15.9 Å². The third-order valence-corrected chi connectivity index (χ3v) is 5.81. The number of nitrogens with two attached hydrogens (primary N) is 1. The molecule has 5 nitrogen and oxygen atoms in total. The molecule has 4 rings (SSSR count). The molecule has 0 aromatic heterocycles. The Bertz CT molecular complexity index is 1080. The topological polar surface area (TPSA) is 72.6 Å². The zero-order valence-electron chi connectivity index (χ0n) is 15.2. The monoisotopic (exact) mass is 438 g/mol. The van der Waals surface area contributed by atoms with E-state index in [1.54, 1.807) is 17.0 Å². The van der Waals surface area contributed by atoms with Crippen LogP contribution in [0.1, 0.15) is 22.3 Å². The molecular formula is C22H19BrN2O3. The van der Waals surface area contributed by atoms with E-state index >= 15 is 0 Å². The van der Waals surface area contributed by atoms with Gasteiger partial charge in [-0.3, -0.25) is 9.59 Å². The Balaban J connectivity index is 1.55. The fourth-order valence-electron chi connectivity index (χ4n) is 3.66. The number of primary amides is 1. The standard InChI is InChI=1S/C22H19BrN2O3/c23-21-15-6-2-1-5-14(15)10-11-19(21)28-13-20(26)25-12-4-8-16-17(22(24)27)7-3-9-18(16)25/h1-3,5-7,9-11H,4,8,12-13H2,(H2,24,27). The van der Waals surface area contributed by atoms with Gasteiger partial charge in [-0.05, 0) is 63.3 Å². The molecule has 0 aliphatic carbocycles. The molecule has 2 N–H and O–H groups in total. The van der Waals surface area contributed by atoms with Crippen LogP contribution in [0.15, 0.2) is 59.1 Å². The summed E-state index contributed by atoms with van der Waals surface area (Å²) in [5, 5.41) is 2.12. The molecule has 0 spiro atoms. The van der Waals surface area contributed by atoms with E-state index in [4.69, 9.17) is 10.5 Å². The van der Waals surface area contributed by atoms with E-state index in [1.807, 2.05) is 42.5 Å². The number of hydrogen-bond acceptors (Lipinski definition) is 3. The van der Waals surface area contributed by atoms with Crippen LogP contribution in [0.3, 0.4) is 0 Å². The summed E-state index contributed by atoms with van der Waals surface area (Å²) in [5.74, 6) is 0.000270. The van der Waals surface area contributed by atoms with E-state index in [9.17, 15) is 9.59 Å². The number of amides is 2. The second-order valence-electron chi connectivity index (χ2n) is 6.70. The quantitative estimate of drug-likeness (QED) is 0.667. The Morgan fingerprint density at radius 2 is 1.89 bits per heavy atom. The Kier molecular flexibility index (Phi) is 5.05. The summed E-state index contributed by atoms with van der Waals surface area (Å²) in [6.07, 6.45) is 1.51. The van der Waals surface area contributed by atoms with Crippen molar-refractivity contribution in [1.29, 1.82) is 0 Å². The van der Waals surface area contributed by atoms with Crippen LogP contribution in [0.2, 0.25) is 0 Å². The molecule has 0 radical (unpaired) electrons. The number of benzene rings is 3. The first kappa shape index (κ1) is 18.5. The highest BCUT2D eigenvalue weighted by Crippen LogP contribution is 2.34. The maximum absolute atomic E-state index is 12.9. The minimum Gasteiger partial charge on any atom is -0.483 e. The van der Waals surface area contributed by atoms with Crippen LogP contribution in [0.4, 0.5) is 5.69 Å². The van der Waals surface area contributed by atoms with Crippen molar-refractivity contribution in [3.8, 4) is 5.75 Å². The lowest BCUT2D eigenvalue weighted by Crippen LogP contribution is -2.39. The van der Waals surface area contributed by atoms with Crippen molar-refractivity contribution in [2.45, 2.75) is 12.8 Å².